The van der Waals surface area contributed by atoms with Gasteiger partial charge in [-0.3, -0.25) is 14.5 Å². The lowest BCUT2D eigenvalue weighted by Gasteiger charge is -2.30. The standard InChI is InChI=1S/C20H24N2O3S.ClH/c1-14-4-6-15(7-5-14)19(17-3-2-12-26-17)21-18(23)13-22-10-8-16(9-11-22)20(24)25;/h2-7,12,16,19H,8-11,13H2,1H3,(H,21,23)(H,24,25);1H. The number of thiophene rings is 1. The number of carbonyl (C=O) groups excluding carboxylic acids is 1. The van der Waals surface area contributed by atoms with E-state index in [-0.39, 0.29) is 30.3 Å². The molecule has 27 heavy (non-hydrogen) atoms. The molecule has 0 spiro atoms. The van der Waals surface area contributed by atoms with Crippen LogP contribution in [0.2, 0.25) is 0 Å². The van der Waals surface area contributed by atoms with Crippen LogP contribution in [0.15, 0.2) is 41.8 Å². The molecule has 1 fully saturated rings. The highest BCUT2D eigenvalue weighted by molar-refractivity contribution is 7.10. The Morgan fingerprint density at radius 2 is 1.89 bits per heavy atom. The summed E-state index contributed by atoms with van der Waals surface area (Å²) >= 11 is 1.63. The molecular formula is C20H25ClN2O3S. The molecule has 2 heterocycles. The van der Waals surface area contributed by atoms with E-state index in [0.717, 1.165) is 10.4 Å². The van der Waals surface area contributed by atoms with E-state index in [9.17, 15) is 9.59 Å². The number of piperidine rings is 1. The Labute approximate surface area is 169 Å². The van der Waals surface area contributed by atoms with E-state index >= 15 is 0 Å². The van der Waals surface area contributed by atoms with E-state index in [1.54, 1.807) is 11.3 Å². The van der Waals surface area contributed by atoms with Crippen molar-refractivity contribution in [1.82, 2.24) is 10.2 Å². The third-order valence-electron chi connectivity index (χ3n) is 4.85. The molecule has 2 N–H and O–H groups in total. The molecule has 1 aliphatic rings. The van der Waals surface area contributed by atoms with Crippen molar-refractivity contribution in [3.8, 4) is 0 Å². The molecule has 1 amide bonds. The quantitative estimate of drug-likeness (QED) is 0.767. The molecule has 1 atom stereocenters. The van der Waals surface area contributed by atoms with Crippen LogP contribution in [0.4, 0.5) is 0 Å². The zero-order chi connectivity index (χ0) is 18.5. The lowest BCUT2D eigenvalue weighted by molar-refractivity contribution is -0.143. The highest BCUT2D eigenvalue weighted by Gasteiger charge is 2.26. The number of rotatable bonds is 6. The van der Waals surface area contributed by atoms with Crippen LogP contribution in [0.3, 0.4) is 0 Å². The molecule has 1 aliphatic heterocycles. The summed E-state index contributed by atoms with van der Waals surface area (Å²) < 4.78 is 0. The van der Waals surface area contributed by atoms with Crippen LogP contribution in [-0.4, -0.2) is 41.5 Å². The van der Waals surface area contributed by atoms with Gasteiger partial charge >= 0.3 is 5.97 Å². The molecule has 0 radical (unpaired) electrons. The van der Waals surface area contributed by atoms with Crippen LogP contribution in [0.25, 0.3) is 0 Å². The van der Waals surface area contributed by atoms with E-state index < -0.39 is 5.97 Å². The number of hydrogen-bond donors (Lipinski definition) is 2. The fourth-order valence-electron chi connectivity index (χ4n) is 3.28. The Morgan fingerprint density at radius 1 is 1.22 bits per heavy atom. The number of carboxylic acid groups (broad SMARTS) is 1. The third-order valence-corrected chi connectivity index (χ3v) is 5.78. The highest BCUT2D eigenvalue weighted by atomic mass is 35.5. The molecule has 146 valence electrons. The van der Waals surface area contributed by atoms with E-state index in [0.29, 0.717) is 32.5 Å². The molecule has 0 bridgehead atoms. The maximum Gasteiger partial charge on any atom is 0.306 e. The van der Waals surface area contributed by atoms with Gasteiger partial charge in [0.25, 0.3) is 0 Å². The predicted molar refractivity (Wildman–Crippen MR) is 110 cm³/mol. The van der Waals surface area contributed by atoms with Crippen molar-refractivity contribution in [3.05, 3.63) is 57.8 Å². The minimum Gasteiger partial charge on any atom is -0.481 e. The maximum atomic E-state index is 12.6. The molecule has 5 nitrogen and oxygen atoms in total. The summed E-state index contributed by atoms with van der Waals surface area (Å²) in [4.78, 5) is 26.8. The first-order valence-electron chi connectivity index (χ1n) is 8.87. The lowest BCUT2D eigenvalue weighted by atomic mass is 9.97. The van der Waals surface area contributed by atoms with Crippen LogP contribution < -0.4 is 5.32 Å². The van der Waals surface area contributed by atoms with Gasteiger partial charge in [-0.25, -0.2) is 0 Å². The van der Waals surface area contributed by atoms with Gasteiger partial charge in [0, 0.05) is 4.88 Å². The third kappa shape index (κ3) is 5.79. The normalized spacial score (nSPS) is 16.3. The molecule has 1 saturated heterocycles. The van der Waals surface area contributed by atoms with Crippen molar-refractivity contribution in [2.75, 3.05) is 19.6 Å². The SMILES string of the molecule is Cc1ccc(C(NC(=O)CN2CCC(C(=O)O)CC2)c2cccs2)cc1.Cl. The first-order chi connectivity index (χ1) is 12.5. The van der Waals surface area contributed by atoms with E-state index in [4.69, 9.17) is 5.11 Å². The number of nitrogens with one attached hydrogen (secondary N) is 1. The van der Waals surface area contributed by atoms with Crippen molar-refractivity contribution < 1.29 is 14.7 Å². The summed E-state index contributed by atoms with van der Waals surface area (Å²) in [6.07, 6.45) is 1.21. The van der Waals surface area contributed by atoms with Gasteiger partial charge < -0.3 is 10.4 Å². The van der Waals surface area contributed by atoms with E-state index in [2.05, 4.69) is 29.6 Å². The van der Waals surface area contributed by atoms with Gasteiger partial charge in [0.05, 0.1) is 18.5 Å². The first kappa shape index (κ1) is 21.4. The highest BCUT2D eigenvalue weighted by Crippen LogP contribution is 2.26. The summed E-state index contributed by atoms with van der Waals surface area (Å²) in [6.45, 7) is 3.65. The maximum absolute atomic E-state index is 12.6. The number of benzene rings is 1. The van der Waals surface area contributed by atoms with Crippen molar-refractivity contribution in [2.24, 2.45) is 5.92 Å². The van der Waals surface area contributed by atoms with Crippen LogP contribution >= 0.6 is 23.7 Å². The molecule has 2 aromatic rings. The minimum absolute atomic E-state index is 0. The fraction of sp³-hybridized carbons (Fsp3) is 0.400. The number of amides is 1. The predicted octanol–water partition coefficient (Wildman–Crippen LogP) is 3.48. The summed E-state index contributed by atoms with van der Waals surface area (Å²) in [5, 5.41) is 14.2. The number of nitrogens with zero attached hydrogens (tertiary/aromatic N) is 1. The number of carbonyl (C=O) groups is 2. The molecule has 0 aliphatic carbocycles. The lowest BCUT2D eigenvalue weighted by Crippen LogP contribution is -2.43. The fourth-order valence-corrected chi connectivity index (χ4v) is 4.08. The first-order valence-corrected chi connectivity index (χ1v) is 9.75. The Hall–Kier alpha value is -1.89. The van der Waals surface area contributed by atoms with Gasteiger partial charge in [-0.2, -0.15) is 0 Å². The van der Waals surface area contributed by atoms with Gasteiger partial charge in [-0.1, -0.05) is 35.9 Å². The van der Waals surface area contributed by atoms with Crippen LogP contribution in [0.1, 0.15) is 34.9 Å². The average Bonchev–Trinajstić information content (AvgIpc) is 3.15. The summed E-state index contributed by atoms with van der Waals surface area (Å²) in [6, 6.07) is 12.1. The van der Waals surface area contributed by atoms with E-state index in [1.807, 2.05) is 29.3 Å². The molecular weight excluding hydrogens is 384 g/mol. The Morgan fingerprint density at radius 3 is 2.44 bits per heavy atom. The van der Waals surface area contributed by atoms with Crippen molar-refractivity contribution in [2.45, 2.75) is 25.8 Å². The minimum atomic E-state index is -0.730. The largest absolute Gasteiger partial charge is 0.481 e. The zero-order valence-corrected chi connectivity index (χ0v) is 16.9. The molecule has 0 saturated carbocycles. The Kier molecular flexibility index (Phi) is 7.83. The topological polar surface area (TPSA) is 69.6 Å². The van der Waals surface area contributed by atoms with E-state index in [1.165, 1.54) is 5.56 Å². The summed E-state index contributed by atoms with van der Waals surface area (Å²) in [5.41, 5.74) is 2.25. The number of hydrogen-bond acceptors (Lipinski definition) is 4. The van der Waals surface area contributed by atoms with Crippen molar-refractivity contribution >= 4 is 35.6 Å². The molecule has 7 heteroatoms. The molecule has 1 unspecified atom stereocenters. The second kappa shape index (κ2) is 9.88. The second-order valence-electron chi connectivity index (χ2n) is 6.82. The summed E-state index contributed by atoms with van der Waals surface area (Å²) in [5.74, 6) is -1.04. The monoisotopic (exact) mass is 408 g/mol. The number of carboxylic acids is 1. The molecule has 1 aromatic heterocycles. The van der Waals surface area contributed by atoms with Crippen LogP contribution in [0, 0.1) is 12.8 Å². The van der Waals surface area contributed by atoms with Crippen LogP contribution in [0.5, 0.6) is 0 Å². The smallest absolute Gasteiger partial charge is 0.306 e. The Balaban J connectivity index is 0.00000261. The zero-order valence-electron chi connectivity index (χ0n) is 15.3. The molecule has 1 aromatic carbocycles. The number of aryl methyl sites for hydroxylation is 1. The number of likely N-dealkylation sites (tertiary alicyclic amines) is 1. The number of halogens is 1. The van der Waals surface area contributed by atoms with Gasteiger partial charge in [0.1, 0.15) is 0 Å². The Bertz CT molecular complexity index is 741. The van der Waals surface area contributed by atoms with Gasteiger partial charge in [-0.15, -0.1) is 23.7 Å². The van der Waals surface area contributed by atoms with Crippen molar-refractivity contribution in [3.63, 3.8) is 0 Å². The van der Waals surface area contributed by atoms with Gasteiger partial charge in [0.15, 0.2) is 0 Å². The van der Waals surface area contributed by atoms with Gasteiger partial charge in [-0.05, 0) is 49.9 Å². The van der Waals surface area contributed by atoms with Crippen molar-refractivity contribution in [1.29, 1.82) is 0 Å². The summed E-state index contributed by atoms with van der Waals surface area (Å²) in [7, 11) is 0. The number of aliphatic carboxylic acids is 1. The van der Waals surface area contributed by atoms with Crippen LogP contribution in [-0.2, 0) is 9.59 Å². The van der Waals surface area contributed by atoms with Gasteiger partial charge in [0.2, 0.25) is 5.91 Å². The second-order valence-corrected chi connectivity index (χ2v) is 7.79. The average molecular weight is 409 g/mol. The molecule has 3 rings (SSSR count).